The van der Waals surface area contributed by atoms with Gasteiger partial charge in [-0.1, -0.05) is 51.5 Å². The molecule has 0 unspecified atom stereocenters. The normalized spacial score (nSPS) is 10.7. The molecule has 1 heterocycles. The number of aryl methyl sites for hydroxylation is 3. The zero-order valence-electron chi connectivity index (χ0n) is 10.4. The highest BCUT2D eigenvalue weighted by Crippen LogP contribution is 2.06. The molecule has 1 aromatic carbocycles. The first kappa shape index (κ1) is 13.3. The van der Waals surface area contributed by atoms with E-state index < -0.39 is 0 Å². The fraction of sp³-hybridized carbons (Fsp3) is 0.429. The van der Waals surface area contributed by atoms with Gasteiger partial charge >= 0.3 is 0 Å². The molecule has 0 atom stereocenters. The van der Waals surface area contributed by atoms with Crippen molar-refractivity contribution in [2.75, 3.05) is 5.33 Å². The van der Waals surface area contributed by atoms with E-state index in [1.807, 2.05) is 10.9 Å². The van der Waals surface area contributed by atoms with E-state index in [4.69, 9.17) is 0 Å². The summed E-state index contributed by atoms with van der Waals surface area (Å²) in [5, 5.41) is 9.20. The van der Waals surface area contributed by atoms with Gasteiger partial charge in [0.1, 0.15) is 0 Å². The van der Waals surface area contributed by atoms with Crippen molar-refractivity contribution in [2.45, 2.75) is 32.2 Å². The Morgan fingerprint density at radius 3 is 2.67 bits per heavy atom. The van der Waals surface area contributed by atoms with Crippen LogP contribution in [0.4, 0.5) is 0 Å². The highest BCUT2D eigenvalue weighted by Gasteiger charge is 1.99. The Labute approximate surface area is 116 Å². The molecule has 96 valence electrons. The molecule has 2 rings (SSSR count). The maximum absolute atomic E-state index is 4.13. The first-order valence-corrected chi connectivity index (χ1v) is 7.49. The molecule has 0 aliphatic carbocycles. The molecule has 0 saturated carbocycles. The number of unbranched alkanes of at least 4 members (excludes halogenated alkanes) is 1. The molecule has 2 aromatic rings. The summed E-state index contributed by atoms with van der Waals surface area (Å²) in [6, 6.07) is 10.6. The predicted molar refractivity (Wildman–Crippen MR) is 76.9 cm³/mol. The maximum atomic E-state index is 4.13. The van der Waals surface area contributed by atoms with E-state index in [2.05, 4.69) is 56.6 Å². The van der Waals surface area contributed by atoms with Crippen LogP contribution >= 0.6 is 15.9 Å². The van der Waals surface area contributed by atoms with Gasteiger partial charge in [-0.15, -0.1) is 5.10 Å². The molecule has 1 aromatic heterocycles. The Morgan fingerprint density at radius 1 is 1.06 bits per heavy atom. The van der Waals surface area contributed by atoms with Gasteiger partial charge in [0.15, 0.2) is 0 Å². The lowest BCUT2D eigenvalue weighted by molar-refractivity contribution is 0.541. The van der Waals surface area contributed by atoms with Gasteiger partial charge < -0.3 is 0 Å². The second-order valence-electron chi connectivity index (χ2n) is 4.35. The first-order chi connectivity index (χ1) is 8.88. The number of halogens is 1. The number of rotatable bonds is 7. The maximum Gasteiger partial charge on any atom is 0.0835 e. The lowest BCUT2D eigenvalue weighted by atomic mass is 10.1. The third-order valence-electron chi connectivity index (χ3n) is 2.88. The van der Waals surface area contributed by atoms with Crippen LogP contribution in [0.2, 0.25) is 0 Å². The van der Waals surface area contributed by atoms with E-state index in [1.165, 1.54) is 12.0 Å². The van der Waals surface area contributed by atoms with E-state index in [0.29, 0.717) is 0 Å². The summed E-state index contributed by atoms with van der Waals surface area (Å²) in [6.45, 7) is 0.960. The lowest BCUT2D eigenvalue weighted by Gasteiger charge is -2.01. The largest absolute Gasteiger partial charge is 0.252 e. The molecule has 0 bridgehead atoms. The van der Waals surface area contributed by atoms with Crippen molar-refractivity contribution < 1.29 is 0 Å². The van der Waals surface area contributed by atoms with Gasteiger partial charge in [-0.3, -0.25) is 4.68 Å². The van der Waals surface area contributed by atoms with Crippen molar-refractivity contribution in [2.24, 2.45) is 0 Å². The summed E-state index contributed by atoms with van der Waals surface area (Å²) in [5.41, 5.74) is 2.48. The lowest BCUT2D eigenvalue weighted by Crippen LogP contribution is -1.99. The van der Waals surface area contributed by atoms with Crippen LogP contribution < -0.4 is 0 Å². The molecule has 0 aliphatic rings. The van der Waals surface area contributed by atoms with Gasteiger partial charge in [-0.05, 0) is 24.8 Å². The minimum atomic E-state index is 0.944. The summed E-state index contributed by atoms with van der Waals surface area (Å²) in [6.07, 6.45) is 6.47. The zero-order chi connectivity index (χ0) is 12.6. The standard InChI is InChI=1S/C14H18BrN3/c15-10-9-14-12-18(17-16-14)11-5-4-8-13-6-2-1-3-7-13/h1-3,6-7,12H,4-5,8-11H2. The van der Waals surface area contributed by atoms with E-state index in [1.54, 1.807) is 0 Å². The Morgan fingerprint density at radius 2 is 1.89 bits per heavy atom. The van der Waals surface area contributed by atoms with Crippen LogP contribution in [0.25, 0.3) is 0 Å². The molecule has 0 fully saturated rings. The third-order valence-corrected chi connectivity index (χ3v) is 3.28. The molecule has 0 radical (unpaired) electrons. The third kappa shape index (κ3) is 4.26. The summed E-state index contributed by atoms with van der Waals surface area (Å²) >= 11 is 3.41. The highest BCUT2D eigenvalue weighted by molar-refractivity contribution is 9.09. The highest BCUT2D eigenvalue weighted by atomic mass is 79.9. The quantitative estimate of drug-likeness (QED) is 0.581. The second kappa shape index (κ2) is 7.31. The van der Waals surface area contributed by atoms with Gasteiger partial charge in [-0.2, -0.15) is 0 Å². The van der Waals surface area contributed by atoms with Crippen molar-refractivity contribution in [1.82, 2.24) is 15.0 Å². The number of alkyl halides is 1. The van der Waals surface area contributed by atoms with Crippen LogP contribution in [-0.4, -0.2) is 20.3 Å². The SMILES string of the molecule is BrCCc1cn(CCCCc2ccccc2)nn1. The van der Waals surface area contributed by atoms with Gasteiger partial charge in [0.25, 0.3) is 0 Å². The molecule has 4 heteroatoms. The van der Waals surface area contributed by atoms with Crippen LogP contribution in [0.1, 0.15) is 24.1 Å². The Bertz CT molecular complexity index is 453. The molecule has 0 saturated heterocycles. The van der Waals surface area contributed by atoms with Crippen molar-refractivity contribution in [3.63, 3.8) is 0 Å². The predicted octanol–water partition coefficient (Wildman–Crippen LogP) is 3.24. The summed E-state index contributed by atoms with van der Waals surface area (Å²) in [4.78, 5) is 0. The van der Waals surface area contributed by atoms with E-state index in [0.717, 1.165) is 36.8 Å². The number of hydrogen-bond donors (Lipinski definition) is 0. The van der Waals surface area contributed by atoms with Gasteiger partial charge in [-0.25, -0.2) is 0 Å². The van der Waals surface area contributed by atoms with Crippen LogP contribution in [0, 0.1) is 0 Å². The monoisotopic (exact) mass is 307 g/mol. The molecule has 3 nitrogen and oxygen atoms in total. The molecular formula is C14H18BrN3. The molecule has 0 N–H and O–H groups in total. The molecule has 0 amide bonds. The van der Waals surface area contributed by atoms with E-state index >= 15 is 0 Å². The topological polar surface area (TPSA) is 30.7 Å². The minimum Gasteiger partial charge on any atom is -0.252 e. The van der Waals surface area contributed by atoms with Crippen molar-refractivity contribution in [1.29, 1.82) is 0 Å². The fourth-order valence-electron chi connectivity index (χ4n) is 1.91. The summed E-state index contributed by atoms with van der Waals surface area (Å²) < 4.78 is 1.95. The molecule has 0 spiro atoms. The number of aromatic nitrogens is 3. The second-order valence-corrected chi connectivity index (χ2v) is 5.15. The number of nitrogens with zero attached hydrogens (tertiary/aromatic N) is 3. The Kier molecular flexibility index (Phi) is 5.39. The Hall–Kier alpha value is -1.16. The van der Waals surface area contributed by atoms with Crippen LogP contribution in [0.5, 0.6) is 0 Å². The van der Waals surface area contributed by atoms with Crippen molar-refractivity contribution in [3.8, 4) is 0 Å². The van der Waals surface area contributed by atoms with Crippen molar-refractivity contribution in [3.05, 3.63) is 47.8 Å². The number of hydrogen-bond acceptors (Lipinski definition) is 2. The molecule has 0 aliphatic heterocycles. The summed E-state index contributed by atoms with van der Waals surface area (Å²) in [5.74, 6) is 0. The van der Waals surface area contributed by atoms with Crippen LogP contribution in [0.15, 0.2) is 36.5 Å². The molecule has 18 heavy (non-hydrogen) atoms. The summed E-state index contributed by atoms with van der Waals surface area (Å²) in [7, 11) is 0. The zero-order valence-corrected chi connectivity index (χ0v) is 12.0. The smallest absolute Gasteiger partial charge is 0.0835 e. The molecular weight excluding hydrogens is 290 g/mol. The first-order valence-electron chi connectivity index (χ1n) is 6.37. The fourth-order valence-corrected chi connectivity index (χ4v) is 2.31. The van der Waals surface area contributed by atoms with Crippen LogP contribution in [-0.2, 0) is 19.4 Å². The average molecular weight is 308 g/mol. The average Bonchev–Trinajstić information content (AvgIpc) is 2.84. The Balaban J connectivity index is 1.68. The van der Waals surface area contributed by atoms with Gasteiger partial charge in [0.2, 0.25) is 0 Å². The van der Waals surface area contributed by atoms with Gasteiger partial charge in [0, 0.05) is 24.5 Å². The number of benzene rings is 1. The van der Waals surface area contributed by atoms with E-state index in [9.17, 15) is 0 Å². The van der Waals surface area contributed by atoms with E-state index in [-0.39, 0.29) is 0 Å². The van der Waals surface area contributed by atoms with Crippen molar-refractivity contribution >= 4 is 15.9 Å². The minimum absolute atomic E-state index is 0.944. The van der Waals surface area contributed by atoms with Crippen LogP contribution in [0.3, 0.4) is 0 Å². The van der Waals surface area contributed by atoms with Gasteiger partial charge in [0.05, 0.1) is 5.69 Å².